The third-order valence-corrected chi connectivity index (χ3v) is 4.59. The number of carbonyl (C=O) groups is 2. The summed E-state index contributed by atoms with van der Waals surface area (Å²) in [6, 6.07) is 16.5. The quantitative estimate of drug-likeness (QED) is 0.162. The summed E-state index contributed by atoms with van der Waals surface area (Å²) in [6.07, 6.45) is 1.33. The van der Waals surface area contributed by atoms with Gasteiger partial charge in [-0.3, -0.25) is 14.9 Å². The van der Waals surface area contributed by atoms with Crippen molar-refractivity contribution < 1.29 is 24.0 Å². The fourth-order valence-electron chi connectivity index (χ4n) is 2.56. The molecule has 11 heteroatoms. The number of nitro groups is 1. The van der Waals surface area contributed by atoms with E-state index in [4.69, 9.17) is 32.7 Å². The molecule has 0 atom stereocenters. The lowest BCUT2D eigenvalue weighted by Gasteiger charge is -2.07. The number of para-hydroxylation sites is 2. The molecule has 0 aliphatic heterocycles. The largest absolute Gasteiger partial charge is 0.477 e. The number of esters is 1. The van der Waals surface area contributed by atoms with Crippen molar-refractivity contribution in [2.45, 2.75) is 0 Å². The van der Waals surface area contributed by atoms with Gasteiger partial charge in [-0.15, -0.1) is 0 Å². The van der Waals surface area contributed by atoms with Gasteiger partial charge in [0.05, 0.1) is 21.7 Å². The van der Waals surface area contributed by atoms with E-state index in [-0.39, 0.29) is 27.8 Å². The van der Waals surface area contributed by atoms with Crippen LogP contribution >= 0.6 is 23.2 Å². The Hall–Kier alpha value is -3.95. The van der Waals surface area contributed by atoms with Gasteiger partial charge in [0.2, 0.25) is 0 Å². The molecule has 0 unspecified atom stereocenters. The number of halogens is 2. The zero-order valence-corrected chi connectivity index (χ0v) is 18.2. The summed E-state index contributed by atoms with van der Waals surface area (Å²) in [5.74, 6) is -1.08. The van der Waals surface area contributed by atoms with Crippen molar-refractivity contribution >= 4 is 47.0 Å². The number of nitrogens with zero attached hydrogens (tertiary/aromatic N) is 2. The van der Waals surface area contributed by atoms with E-state index in [1.165, 1.54) is 48.7 Å². The molecule has 0 aromatic heterocycles. The Kier molecular flexibility index (Phi) is 7.96. The SMILES string of the molecule is O=C(COc1ccccc1[N+](=O)[O-])N/N=C\c1cccc(OC(=O)c2ccc(Cl)cc2Cl)c1. The molecule has 0 saturated carbocycles. The standard InChI is InChI=1S/C22H15Cl2N3O6/c23-15-8-9-17(18(24)11-15)22(29)33-16-5-3-4-14(10-16)12-25-26-21(28)13-32-20-7-2-1-6-19(20)27(30)31/h1-12H,13H2,(H,26,28)/b25-12-. The molecule has 0 aliphatic carbocycles. The van der Waals surface area contributed by atoms with Gasteiger partial charge in [-0.2, -0.15) is 5.10 Å². The molecule has 1 N–H and O–H groups in total. The first-order chi connectivity index (χ1) is 15.8. The number of hydrazone groups is 1. The number of rotatable bonds is 8. The highest BCUT2D eigenvalue weighted by Crippen LogP contribution is 2.25. The summed E-state index contributed by atoms with van der Waals surface area (Å²) in [5, 5.41) is 15.3. The van der Waals surface area contributed by atoms with Crippen LogP contribution in [0.3, 0.4) is 0 Å². The highest BCUT2D eigenvalue weighted by atomic mass is 35.5. The first kappa shape index (κ1) is 23.7. The summed E-state index contributed by atoms with van der Waals surface area (Å²) in [5.41, 5.74) is 2.69. The summed E-state index contributed by atoms with van der Waals surface area (Å²) < 4.78 is 10.5. The minimum absolute atomic E-state index is 0.0306. The van der Waals surface area contributed by atoms with E-state index in [2.05, 4.69) is 10.5 Å². The average molecular weight is 488 g/mol. The fourth-order valence-corrected chi connectivity index (χ4v) is 3.05. The van der Waals surface area contributed by atoms with E-state index in [1.807, 2.05) is 0 Å². The Morgan fingerprint density at radius 1 is 1.06 bits per heavy atom. The maximum atomic E-state index is 12.3. The van der Waals surface area contributed by atoms with Gasteiger partial charge in [0.15, 0.2) is 12.4 Å². The minimum atomic E-state index is -0.661. The minimum Gasteiger partial charge on any atom is -0.477 e. The number of ether oxygens (including phenoxy) is 2. The van der Waals surface area contributed by atoms with Crippen molar-refractivity contribution in [3.8, 4) is 11.5 Å². The number of nitrogens with one attached hydrogen (secondary N) is 1. The highest BCUT2D eigenvalue weighted by molar-refractivity contribution is 6.36. The van der Waals surface area contributed by atoms with Crippen LogP contribution in [0, 0.1) is 10.1 Å². The molecule has 3 aromatic carbocycles. The van der Waals surface area contributed by atoms with Crippen LogP contribution in [-0.2, 0) is 4.79 Å². The predicted molar refractivity (Wildman–Crippen MR) is 122 cm³/mol. The Labute approximate surface area is 197 Å². The van der Waals surface area contributed by atoms with Crippen molar-refractivity contribution in [2.75, 3.05) is 6.61 Å². The molecule has 3 rings (SSSR count). The summed E-state index contributed by atoms with van der Waals surface area (Å²) in [6.45, 7) is -0.471. The molecule has 9 nitrogen and oxygen atoms in total. The van der Waals surface area contributed by atoms with Gasteiger partial charge < -0.3 is 9.47 Å². The second kappa shape index (κ2) is 11.1. The lowest BCUT2D eigenvalue weighted by molar-refractivity contribution is -0.385. The first-order valence-corrected chi connectivity index (χ1v) is 10.0. The fraction of sp³-hybridized carbons (Fsp3) is 0.0455. The van der Waals surface area contributed by atoms with Crippen LogP contribution < -0.4 is 14.9 Å². The molecular weight excluding hydrogens is 473 g/mol. The van der Waals surface area contributed by atoms with E-state index in [1.54, 1.807) is 24.3 Å². The van der Waals surface area contributed by atoms with Gasteiger partial charge in [0.25, 0.3) is 5.91 Å². The molecule has 0 bridgehead atoms. The molecular formula is C22H15Cl2N3O6. The molecule has 168 valence electrons. The number of carbonyl (C=O) groups excluding carboxylic acids is 2. The van der Waals surface area contributed by atoms with Gasteiger partial charge in [-0.25, -0.2) is 10.2 Å². The second-order valence-electron chi connectivity index (χ2n) is 6.39. The lowest BCUT2D eigenvalue weighted by Crippen LogP contribution is -2.24. The Morgan fingerprint density at radius 2 is 1.85 bits per heavy atom. The van der Waals surface area contributed by atoms with Gasteiger partial charge in [0.1, 0.15) is 5.75 Å². The molecule has 0 radical (unpaired) electrons. The number of hydrogen-bond acceptors (Lipinski definition) is 7. The summed E-state index contributed by atoms with van der Waals surface area (Å²) >= 11 is 11.8. The molecule has 33 heavy (non-hydrogen) atoms. The molecule has 0 aliphatic rings. The zero-order valence-electron chi connectivity index (χ0n) is 16.7. The lowest BCUT2D eigenvalue weighted by atomic mass is 10.2. The number of amides is 1. The molecule has 3 aromatic rings. The Bertz CT molecular complexity index is 1230. The van der Waals surface area contributed by atoms with Crippen molar-refractivity contribution in [3.63, 3.8) is 0 Å². The van der Waals surface area contributed by atoms with Gasteiger partial charge in [-0.1, -0.05) is 47.5 Å². The normalized spacial score (nSPS) is 10.6. The predicted octanol–water partition coefficient (Wildman–Crippen LogP) is 4.65. The van der Waals surface area contributed by atoms with Crippen molar-refractivity contribution in [1.82, 2.24) is 5.43 Å². The van der Waals surface area contributed by atoms with Gasteiger partial charge in [0, 0.05) is 11.1 Å². The van der Waals surface area contributed by atoms with E-state index >= 15 is 0 Å². The molecule has 0 fully saturated rings. The molecule has 0 heterocycles. The van der Waals surface area contributed by atoms with E-state index in [9.17, 15) is 19.7 Å². The molecule has 0 saturated heterocycles. The monoisotopic (exact) mass is 487 g/mol. The third kappa shape index (κ3) is 6.76. The van der Waals surface area contributed by atoms with Crippen molar-refractivity contribution in [3.05, 3.63) is 98.0 Å². The Balaban J connectivity index is 1.55. The maximum Gasteiger partial charge on any atom is 0.345 e. The van der Waals surface area contributed by atoms with E-state index in [0.717, 1.165) is 0 Å². The topological polar surface area (TPSA) is 120 Å². The molecule has 0 spiro atoms. The second-order valence-corrected chi connectivity index (χ2v) is 7.24. The number of nitro benzene ring substituents is 1. The van der Waals surface area contributed by atoms with Crippen LogP contribution in [0.2, 0.25) is 10.0 Å². The summed E-state index contributed by atoms with van der Waals surface area (Å²) in [7, 11) is 0. The van der Waals surface area contributed by atoms with Crippen LogP contribution in [0.5, 0.6) is 11.5 Å². The van der Waals surface area contributed by atoms with Crippen LogP contribution in [-0.4, -0.2) is 29.6 Å². The van der Waals surface area contributed by atoms with Crippen molar-refractivity contribution in [1.29, 1.82) is 0 Å². The van der Waals surface area contributed by atoms with Gasteiger partial charge >= 0.3 is 11.7 Å². The highest BCUT2D eigenvalue weighted by Gasteiger charge is 2.15. The van der Waals surface area contributed by atoms with E-state index < -0.39 is 23.4 Å². The van der Waals surface area contributed by atoms with Gasteiger partial charge in [-0.05, 0) is 42.0 Å². The maximum absolute atomic E-state index is 12.3. The summed E-state index contributed by atoms with van der Waals surface area (Å²) in [4.78, 5) is 34.6. The van der Waals surface area contributed by atoms with Crippen molar-refractivity contribution in [2.24, 2.45) is 5.10 Å². The number of hydrogen-bond donors (Lipinski definition) is 1. The zero-order chi connectivity index (χ0) is 23.8. The molecule has 1 amide bonds. The number of benzene rings is 3. The average Bonchev–Trinajstić information content (AvgIpc) is 2.78. The van der Waals surface area contributed by atoms with E-state index in [0.29, 0.717) is 10.6 Å². The van der Waals surface area contributed by atoms with Crippen LogP contribution in [0.1, 0.15) is 15.9 Å². The van der Waals surface area contributed by atoms with Crippen LogP contribution in [0.15, 0.2) is 71.8 Å². The smallest absolute Gasteiger partial charge is 0.345 e. The first-order valence-electron chi connectivity index (χ1n) is 9.29. The third-order valence-electron chi connectivity index (χ3n) is 4.04. The van der Waals surface area contributed by atoms with Crippen LogP contribution in [0.4, 0.5) is 5.69 Å². The van der Waals surface area contributed by atoms with Crippen LogP contribution in [0.25, 0.3) is 0 Å². The Morgan fingerprint density at radius 3 is 2.61 bits per heavy atom.